The zero-order chi connectivity index (χ0) is 17.8. The molecule has 0 aliphatic carbocycles. The number of aromatic nitrogens is 1. The van der Waals surface area contributed by atoms with E-state index in [4.69, 9.17) is 0 Å². The van der Waals surface area contributed by atoms with Gasteiger partial charge in [0.15, 0.2) is 0 Å². The molecule has 0 saturated carbocycles. The van der Waals surface area contributed by atoms with Crippen LogP contribution in [-0.2, 0) is 13.1 Å². The van der Waals surface area contributed by atoms with E-state index in [2.05, 4.69) is 63.3 Å². The number of likely N-dealkylation sites (tertiary alicyclic amines) is 1. The maximum absolute atomic E-state index is 3.20. The summed E-state index contributed by atoms with van der Waals surface area (Å²) < 4.78 is 0. The molecule has 0 radical (unpaired) electrons. The first kappa shape index (κ1) is 17.8. The molecule has 2 saturated heterocycles. The molecular formula is C22H32N4. The van der Waals surface area contributed by atoms with Crippen molar-refractivity contribution in [2.45, 2.75) is 31.8 Å². The van der Waals surface area contributed by atoms with Crippen LogP contribution in [0.5, 0.6) is 0 Å². The van der Waals surface area contributed by atoms with Crippen molar-refractivity contribution in [3.63, 3.8) is 0 Å². The predicted molar refractivity (Wildman–Crippen MR) is 107 cm³/mol. The minimum atomic E-state index is 0.737. The SMILES string of the molecule is CN1CCN(Cc2cccc(CN3CCC(c4cc[nH]c4)CC3)c2)CC1. The molecule has 2 aliphatic rings. The lowest BCUT2D eigenvalue weighted by atomic mass is 9.91. The number of rotatable bonds is 5. The lowest BCUT2D eigenvalue weighted by Crippen LogP contribution is -2.43. The number of nitrogens with zero attached hydrogens (tertiary/aromatic N) is 3. The van der Waals surface area contributed by atoms with Crippen LogP contribution in [0.3, 0.4) is 0 Å². The molecule has 0 unspecified atom stereocenters. The molecule has 1 aromatic carbocycles. The van der Waals surface area contributed by atoms with Gasteiger partial charge in [0.25, 0.3) is 0 Å². The topological polar surface area (TPSA) is 25.5 Å². The standard InChI is InChI=1S/C22H32N4/c1-24-11-13-26(14-12-24)18-20-4-2-3-19(15-20)17-25-9-6-21(7-10-25)22-5-8-23-16-22/h2-5,8,15-16,21,23H,6-7,9-14,17-18H2,1H3. The van der Waals surface area contributed by atoms with Gasteiger partial charge in [0.1, 0.15) is 0 Å². The van der Waals surface area contributed by atoms with E-state index in [1.165, 1.54) is 68.8 Å². The van der Waals surface area contributed by atoms with Crippen molar-refractivity contribution in [1.29, 1.82) is 0 Å². The number of nitrogens with one attached hydrogen (secondary N) is 1. The van der Waals surface area contributed by atoms with Crippen LogP contribution in [-0.4, -0.2) is 66.0 Å². The smallest absolute Gasteiger partial charge is 0.0234 e. The summed E-state index contributed by atoms with van der Waals surface area (Å²) in [5, 5.41) is 0. The molecule has 0 spiro atoms. The van der Waals surface area contributed by atoms with Crippen LogP contribution in [0.25, 0.3) is 0 Å². The third kappa shape index (κ3) is 4.56. The highest BCUT2D eigenvalue weighted by Crippen LogP contribution is 2.28. The minimum Gasteiger partial charge on any atom is -0.367 e. The Kier molecular flexibility index (Phi) is 5.73. The Bertz CT molecular complexity index is 665. The number of likely N-dealkylation sites (N-methyl/N-ethyl adjacent to an activating group) is 1. The Labute approximate surface area is 157 Å². The van der Waals surface area contributed by atoms with Gasteiger partial charge in [0.2, 0.25) is 0 Å². The summed E-state index contributed by atoms with van der Waals surface area (Å²) in [5.74, 6) is 0.737. The number of hydrogen-bond donors (Lipinski definition) is 1. The zero-order valence-electron chi connectivity index (χ0n) is 16.0. The van der Waals surface area contributed by atoms with Gasteiger partial charge >= 0.3 is 0 Å². The molecule has 0 atom stereocenters. The van der Waals surface area contributed by atoms with Crippen LogP contribution < -0.4 is 0 Å². The fourth-order valence-electron chi connectivity index (χ4n) is 4.36. The molecule has 2 aliphatic heterocycles. The lowest BCUT2D eigenvalue weighted by molar-refractivity contribution is 0.148. The largest absolute Gasteiger partial charge is 0.367 e. The van der Waals surface area contributed by atoms with Crippen molar-refractivity contribution >= 4 is 0 Å². The van der Waals surface area contributed by atoms with Crippen LogP contribution in [0, 0.1) is 0 Å². The fourth-order valence-corrected chi connectivity index (χ4v) is 4.36. The summed E-state index contributed by atoms with van der Waals surface area (Å²) in [4.78, 5) is 10.8. The van der Waals surface area contributed by atoms with Gasteiger partial charge in [-0.3, -0.25) is 9.80 Å². The molecule has 26 heavy (non-hydrogen) atoms. The van der Waals surface area contributed by atoms with E-state index in [1.807, 2.05) is 6.20 Å². The first-order chi connectivity index (χ1) is 12.8. The summed E-state index contributed by atoms with van der Waals surface area (Å²) in [7, 11) is 2.22. The highest BCUT2D eigenvalue weighted by Gasteiger charge is 2.21. The summed E-state index contributed by atoms with van der Waals surface area (Å²) in [6, 6.07) is 11.5. The van der Waals surface area contributed by atoms with Crippen molar-refractivity contribution in [1.82, 2.24) is 19.7 Å². The molecule has 2 aromatic rings. The van der Waals surface area contributed by atoms with Crippen LogP contribution in [0.2, 0.25) is 0 Å². The quantitative estimate of drug-likeness (QED) is 0.895. The van der Waals surface area contributed by atoms with Crippen molar-refractivity contribution in [2.24, 2.45) is 0 Å². The van der Waals surface area contributed by atoms with Gasteiger partial charge < -0.3 is 9.88 Å². The number of piperazine rings is 1. The van der Waals surface area contributed by atoms with Crippen LogP contribution in [0.4, 0.5) is 0 Å². The van der Waals surface area contributed by atoms with Gasteiger partial charge in [-0.15, -0.1) is 0 Å². The van der Waals surface area contributed by atoms with Gasteiger partial charge in [-0.2, -0.15) is 0 Å². The normalized spacial score (nSPS) is 21.3. The summed E-state index contributed by atoms with van der Waals surface area (Å²) in [6.45, 7) is 9.36. The van der Waals surface area contributed by atoms with E-state index in [1.54, 1.807) is 0 Å². The van der Waals surface area contributed by atoms with Gasteiger partial charge in [0.05, 0.1) is 0 Å². The van der Waals surface area contributed by atoms with E-state index in [0.717, 1.165) is 19.0 Å². The molecule has 0 amide bonds. The maximum Gasteiger partial charge on any atom is 0.0234 e. The van der Waals surface area contributed by atoms with Crippen molar-refractivity contribution < 1.29 is 0 Å². The fraction of sp³-hybridized carbons (Fsp3) is 0.545. The molecule has 1 aromatic heterocycles. The van der Waals surface area contributed by atoms with E-state index in [9.17, 15) is 0 Å². The molecule has 4 rings (SSSR count). The van der Waals surface area contributed by atoms with Gasteiger partial charge in [-0.05, 0) is 61.7 Å². The molecule has 140 valence electrons. The van der Waals surface area contributed by atoms with Crippen molar-refractivity contribution in [3.8, 4) is 0 Å². The van der Waals surface area contributed by atoms with Gasteiger partial charge in [0, 0.05) is 51.7 Å². The van der Waals surface area contributed by atoms with E-state index < -0.39 is 0 Å². The zero-order valence-corrected chi connectivity index (χ0v) is 16.0. The first-order valence-corrected chi connectivity index (χ1v) is 10.1. The Hall–Kier alpha value is -1.62. The number of hydrogen-bond acceptors (Lipinski definition) is 3. The van der Waals surface area contributed by atoms with E-state index in [0.29, 0.717) is 0 Å². The Balaban J connectivity index is 1.29. The Morgan fingerprint density at radius 2 is 1.54 bits per heavy atom. The monoisotopic (exact) mass is 352 g/mol. The van der Waals surface area contributed by atoms with Crippen LogP contribution >= 0.6 is 0 Å². The second kappa shape index (κ2) is 8.38. The van der Waals surface area contributed by atoms with Crippen molar-refractivity contribution in [2.75, 3.05) is 46.3 Å². The van der Waals surface area contributed by atoms with Gasteiger partial charge in [-0.1, -0.05) is 24.3 Å². The van der Waals surface area contributed by atoms with Gasteiger partial charge in [-0.25, -0.2) is 0 Å². The van der Waals surface area contributed by atoms with E-state index >= 15 is 0 Å². The third-order valence-corrected chi connectivity index (χ3v) is 6.08. The minimum absolute atomic E-state index is 0.737. The van der Waals surface area contributed by atoms with E-state index in [-0.39, 0.29) is 0 Å². The average molecular weight is 353 g/mol. The highest BCUT2D eigenvalue weighted by atomic mass is 15.2. The Morgan fingerprint density at radius 1 is 0.885 bits per heavy atom. The molecule has 4 nitrogen and oxygen atoms in total. The second-order valence-corrected chi connectivity index (χ2v) is 8.09. The number of benzene rings is 1. The molecule has 2 fully saturated rings. The number of H-pyrrole nitrogens is 1. The molecular weight excluding hydrogens is 320 g/mol. The lowest BCUT2D eigenvalue weighted by Gasteiger charge is -2.33. The summed E-state index contributed by atoms with van der Waals surface area (Å²) >= 11 is 0. The number of aromatic amines is 1. The van der Waals surface area contributed by atoms with Crippen molar-refractivity contribution in [3.05, 3.63) is 59.4 Å². The summed E-state index contributed by atoms with van der Waals surface area (Å²) in [6.07, 6.45) is 6.77. The predicted octanol–water partition coefficient (Wildman–Crippen LogP) is 3.14. The second-order valence-electron chi connectivity index (χ2n) is 8.09. The van der Waals surface area contributed by atoms with Crippen LogP contribution in [0.15, 0.2) is 42.7 Å². The molecule has 0 bridgehead atoms. The summed E-state index contributed by atoms with van der Waals surface area (Å²) in [5.41, 5.74) is 4.42. The third-order valence-electron chi connectivity index (χ3n) is 6.08. The number of piperidine rings is 1. The highest BCUT2D eigenvalue weighted by molar-refractivity contribution is 5.24. The Morgan fingerprint density at radius 3 is 2.15 bits per heavy atom. The molecule has 4 heteroatoms. The maximum atomic E-state index is 3.20. The first-order valence-electron chi connectivity index (χ1n) is 10.1. The van der Waals surface area contributed by atoms with Crippen LogP contribution in [0.1, 0.15) is 35.4 Å². The molecule has 3 heterocycles. The molecule has 1 N–H and O–H groups in total. The average Bonchev–Trinajstić information content (AvgIpc) is 3.19.